The molecular weight excluding hydrogens is 312 g/mol. The van der Waals surface area contributed by atoms with Crippen molar-refractivity contribution in [2.45, 2.75) is 44.9 Å². The number of hydrogen-bond acceptors (Lipinski definition) is 3. The molecule has 2 N–H and O–H groups in total. The van der Waals surface area contributed by atoms with Gasteiger partial charge < -0.3 is 15.4 Å². The Hall–Kier alpha value is -1.26. The van der Waals surface area contributed by atoms with Gasteiger partial charge in [-0.2, -0.15) is 0 Å². The highest BCUT2D eigenvalue weighted by atomic mass is 35.5. The summed E-state index contributed by atoms with van der Waals surface area (Å²) in [7, 11) is 1.89. The Kier molecular flexibility index (Phi) is 9.72. The average molecular weight is 341 g/mol. The highest BCUT2D eigenvalue weighted by molar-refractivity contribution is 5.90. The van der Waals surface area contributed by atoms with Crippen molar-refractivity contribution in [1.82, 2.24) is 5.32 Å². The minimum absolute atomic E-state index is 0. The van der Waals surface area contributed by atoms with Crippen LogP contribution in [0, 0.1) is 5.92 Å². The molecule has 1 aromatic rings. The number of carbonyl (C=O) groups excluding carboxylic acids is 1. The van der Waals surface area contributed by atoms with Gasteiger partial charge in [-0.05, 0) is 63.0 Å². The van der Waals surface area contributed by atoms with Crippen LogP contribution < -0.4 is 15.4 Å². The molecule has 0 unspecified atom stereocenters. The van der Waals surface area contributed by atoms with Crippen LogP contribution in [0.2, 0.25) is 0 Å². The van der Waals surface area contributed by atoms with E-state index in [0.29, 0.717) is 12.3 Å². The first-order valence-corrected chi connectivity index (χ1v) is 8.45. The SMILES string of the molecule is CNCCCC(=O)Nc1ccc(OCC2CCCCC2)cc1.Cl. The third kappa shape index (κ3) is 7.71. The summed E-state index contributed by atoms with van der Waals surface area (Å²) in [5, 5.41) is 5.95. The summed E-state index contributed by atoms with van der Waals surface area (Å²) in [6.45, 7) is 1.68. The van der Waals surface area contributed by atoms with Crippen LogP contribution in [0.25, 0.3) is 0 Å². The van der Waals surface area contributed by atoms with Gasteiger partial charge >= 0.3 is 0 Å². The molecule has 1 aliphatic carbocycles. The molecule has 1 aliphatic rings. The molecule has 4 nitrogen and oxygen atoms in total. The number of ether oxygens (including phenoxy) is 1. The zero-order chi connectivity index (χ0) is 15.6. The van der Waals surface area contributed by atoms with Crippen LogP contribution in [0.3, 0.4) is 0 Å². The van der Waals surface area contributed by atoms with Gasteiger partial charge in [-0.25, -0.2) is 0 Å². The molecular formula is C18H29ClN2O2. The monoisotopic (exact) mass is 340 g/mol. The molecule has 1 saturated carbocycles. The number of benzene rings is 1. The molecule has 1 aromatic carbocycles. The summed E-state index contributed by atoms with van der Waals surface area (Å²) in [4.78, 5) is 11.7. The molecule has 0 aromatic heterocycles. The van der Waals surface area contributed by atoms with E-state index < -0.39 is 0 Å². The van der Waals surface area contributed by atoms with E-state index in [1.807, 2.05) is 31.3 Å². The Labute approximate surface area is 145 Å². The maximum absolute atomic E-state index is 11.7. The van der Waals surface area contributed by atoms with Gasteiger partial charge in [-0.15, -0.1) is 12.4 Å². The highest BCUT2D eigenvalue weighted by Crippen LogP contribution is 2.25. The van der Waals surface area contributed by atoms with Gasteiger partial charge in [0.1, 0.15) is 5.75 Å². The topological polar surface area (TPSA) is 50.4 Å². The Morgan fingerprint density at radius 3 is 2.52 bits per heavy atom. The molecule has 130 valence electrons. The van der Waals surface area contributed by atoms with Crippen LogP contribution in [0.15, 0.2) is 24.3 Å². The molecule has 0 saturated heterocycles. The van der Waals surface area contributed by atoms with Gasteiger partial charge in [-0.3, -0.25) is 4.79 Å². The van der Waals surface area contributed by atoms with Gasteiger partial charge in [0.05, 0.1) is 6.61 Å². The minimum Gasteiger partial charge on any atom is -0.493 e. The van der Waals surface area contributed by atoms with Crippen LogP contribution in [-0.4, -0.2) is 26.1 Å². The lowest BCUT2D eigenvalue weighted by Gasteiger charge is -2.21. The Morgan fingerprint density at radius 2 is 1.87 bits per heavy atom. The van der Waals surface area contributed by atoms with Crippen LogP contribution in [0.4, 0.5) is 5.69 Å². The number of anilines is 1. The molecule has 5 heteroatoms. The third-order valence-corrected chi connectivity index (χ3v) is 4.18. The number of rotatable bonds is 8. The average Bonchev–Trinajstić information content (AvgIpc) is 2.55. The summed E-state index contributed by atoms with van der Waals surface area (Å²) < 4.78 is 5.86. The van der Waals surface area contributed by atoms with Crippen LogP contribution in [0.5, 0.6) is 5.75 Å². The normalized spacial score (nSPS) is 14.8. The van der Waals surface area contributed by atoms with Crippen molar-refractivity contribution < 1.29 is 9.53 Å². The Bertz CT molecular complexity index is 445. The molecule has 0 heterocycles. The highest BCUT2D eigenvalue weighted by Gasteiger charge is 2.13. The predicted molar refractivity (Wildman–Crippen MR) is 97.6 cm³/mol. The van der Waals surface area contributed by atoms with Crippen molar-refractivity contribution in [3.8, 4) is 5.75 Å². The largest absolute Gasteiger partial charge is 0.493 e. The number of carbonyl (C=O) groups is 1. The van der Waals surface area contributed by atoms with Crippen LogP contribution in [-0.2, 0) is 4.79 Å². The first kappa shape index (κ1) is 19.8. The molecule has 1 amide bonds. The fourth-order valence-corrected chi connectivity index (χ4v) is 2.85. The maximum Gasteiger partial charge on any atom is 0.224 e. The second-order valence-electron chi connectivity index (χ2n) is 6.09. The van der Waals surface area contributed by atoms with Crippen molar-refractivity contribution in [2.24, 2.45) is 5.92 Å². The first-order chi connectivity index (χ1) is 10.8. The van der Waals surface area contributed by atoms with E-state index >= 15 is 0 Å². The van der Waals surface area contributed by atoms with Gasteiger partial charge in [0, 0.05) is 12.1 Å². The van der Waals surface area contributed by atoms with E-state index in [1.165, 1.54) is 32.1 Å². The summed E-state index contributed by atoms with van der Waals surface area (Å²) in [5.74, 6) is 1.66. The maximum atomic E-state index is 11.7. The predicted octanol–water partition coefficient (Wildman–Crippen LogP) is 4.01. The first-order valence-electron chi connectivity index (χ1n) is 8.45. The molecule has 0 radical (unpaired) electrons. The number of hydrogen-bond donors (Lipinski definition) is 2. The summed E-state index contributed by atoms with van der Waals surface area (Å²) in [5.41, 5.74) is 0.833. The van der Waals surface area contributed by atoms with Crippen LogP contribution >= 0.6 is 12.4 Å². The number of nitrogens with one attached hydrogen (secondary N) is 2. The standard InChI is InChI=1S/C18H28N2O2.ClH/c1-19-13-5-8-18(21)20-16-9-11-17(12-10-16)22-14-15-6-3-2-4-7-15;/h9-12,15,19H,2-8,13-14H2,1H3,(H,20,21);1H. The number of halogens is 1. The van der Waals surface area contributed by atoms with Crippen molar-refractivity contribution >= 4 is 24.0 Å². The van der Waals surface area contributed by atoms with E-state index in [1.54, 1.807) is 0 Å². The quantitative estimate of drug-likeness (QED) is 0.703. The van der Waals surface area contributed by atoms with Gasteiger partial charge in [0.25, 0.3) is 0 Å². The minimum atomic E-state index is 0. The lowest BCUT2D eigenvalue weighted by atomic mass is 9.90. The summed E-state index contributed by atoms with van der Waals surface area (Å²) in [6.07, 6.45) is 8.03. The van der Waals surface area contributed by atoms with Gasteiger partial charge in [-0.1, -0.05) is 19.3 Å². The molecule has 1 fully saturated rings. The smallest absolute Gasteiger partial charge is 0.224 e. The summed E-state index contributed by atoms with van der Waals surface area (Å²) in [6, 6.07) is 7.69. The van der Waals surface area contributed by atoms with Gasteiger partial charge in [0.2, 0.25) is 5.91 Å². The Balaban J connectivity index is 0.00000264. The van der Waals surface area contributed by atoms with Crippen molar-refractivity contribution in [3.63, 3.8) is 0 Å². The molecule has 0 spiro atoms. The lowest BCUT2D eigenvalue weighted by molar-refractivity contribution is -0.116. The zero-order valence-corrected chi connectivity index (χ0v) is 14.8. The van der Waals surface area contributed by atoms with E-state index in [4.69, 9.17) is 4.74 Å². The molecule has 0 bridgehead atoms. The second-order valence-corrected chi connectivity index (χ2v) is 6.09. The van der Waals surface area contributed by atoms with E-state index in [9.17, 15) is 4.79 Å². The van der Waals surface area contributed by atoms with Gasteiger partial charge in [0.15, 0.2) is 0 Å². The van der Waals surface area contributed by atoms with Crippen LogP contribution in [0.1, 0.15) is 44.9 Å². The second kappa shape index (κ2) is 11.3. The van der Waals surface area contributed by atoms with Crippen molar-refractivity contribution in [1.29, 1.82) is 0 Å². The molecule has 0 aliphatic heterocycles. The lowest BCUT2D eigenvalue weighted by Crippen LogP contribution is -2.16. The Morgan fingerprint density at radius 1 is 1.17 bits per heavy atom. The molecule has 0 atom stereocenters. The zero-order valence-electron chi connectivity index (χ0n) is 14.0. The third-order valence-electron chi connectivity index (χ3n) is 4.18. The fraction of sp³-hybridized carbons (Fsp3) is 0.611. The number of amides is 1. The summed E-state index contributed by atoms with van der Waals surface area (Å²) >= 11 is 0. The van der Waals surface area contributed by atoms with E-state index in [2.05, 4.69) is 10.6 Å². The molecule has 2 rings (SSSR count). The molecule has 23 heavy (non-hydrogen) atoms. The fourth-order valence-electron chi connectivity index (χ4n) is 2.85. The van der Waals surface area contributed by atoms with E-state index in [0.717, 1.165) is 31.0 Å². The van der Waals surface area contributed by atoms with Crippen molar-refractivity contribution in [3.05, 3.63) is 24.3 Å². The van der Waals surface area contributed by atoms with E-state index in [-0.39, 0.29) is 18.3 Å². The van der Waals surface area contributed by atoms with Crippen molar-refractivity contribution in [2.75, 3.05) is 25.5 Å².